The fraction of sp³-hybridized carbons (Fsp3) is 0.184. The number of phenolic OH excluding ortho intramolecular Hbond substituents is 1. The molecule has 0 amide bonds. The van der Waals surface area contributed by atoms with Crippen LogP contribution < -0.4 is 0 Å². The molecule has 10 aromatic rings. The van der Waals surface area contributed by atoms with Gasteiger partial charge in [-0.05, 0) is 101 Å². The van der Waals surface area contributed by atoms with Gasteiger partial charge in [-0.2, -0.15) is 0 Å². The van der Waals surface area contributed by atoms with Crippen molar-refractivity contribution >= 4 is 108 Å². The van der Waals surface area contributed by atoms with Crippen molar-refractivity contribution in [1.29, 1.82) is 0 Å². The van der Waals surface area contributed by atoms with Crippen LogP contribution in [0.4, 0.5) is 0 Å². The highest BCUT2D eigenvalue weighted by Gasteiger charge is 2.23. The molecular weight excluding hydrogens is 768 g/mol. The zero-order valence-electron chi connectivity index (χ0n) is 32.5. The van der Waals surface area contributed by atoms with Crippen LogP contribution in [0.3, 0.4) is 0 Å². The second-order valence-corrected chi connectivity index (χ2v) is 19.8. The first-order valence-corrected chi connectivity index (χ1v) is 21.2. The smallest absolute Gasteiger partial charge is 0.119 e. The number of hydrogen-bond donors (Lipinski definition) is 1. The Balaban J connectivity index is 0.000000146. The van der Waals surface area contributed by atoms with E-state index >= 15 is 0 Å². The maximum atomic E-state index is 10.1. The molecule has 4 heterocycles. The zero-order chi connectivity index (χ0) is 39.3. The monoisotopic (exact) mass is 808 g/mol. The van der Waals surface area contributed by atoms with E-state index in [2.05, 4.69) is 155 Å². The molecule has 0 aliphatic rings. The van der Waals surface area contributed by atoms with E-state index in [0.717, 1.165) is 21.9 Å². The summed E-state index contributed by atoms with van der Waals surface area (Å²) in [5.41, 5.74) is 8.39. The molecule has 3 nitrogen and oxygen atoms in total. The zero-order valence-corrected chi connectivity index (χ0v) is 35.6. The van der Waals surface area contributed by atoms with Crippen LogP contribution in [0, 0.1) is 6.92 Å². The Hall–Kier alpha value is -4.78. The van der Waals surface area contributed by atoms with E-state index in [4.69, 9.17) is 23.2 Å². The standard InChI is InChI=1S/C25H22ClNS.C24H20ClNOS/c1-15-11-17(26)14-18(12-15)27-21-10-9-16(25(2,3)4)13-20(21)23-19-7-5-6-8-22(19)28-24(23)27;1-24(2,3)14-8-9-20-19(10-14)22-18-6-4-5-7-21(18)28-23(22)26(20)16-11-15(25)12-17(27)13-16/h5-14H,1-4H3;4-13,27H,1-3H3. The third kappa shape index (κ3) is 6.26. The van der Waals surface area contributed by atoms with Gasteiger partial charge in [-0.3, -0.25) is 0 Å². The van der Waals surface area contributed by atoms with Gasteiger partial charge >= 0.3 is 0 Å². The first-order chi connectivity index (χ1) is 26.7. The number of aromatic nitrogens is 2. The Morgan fingerprint density at radius 1 is 0.500 bits per heavy atom. The van der Waals surface area contributed by atoms with Crippen LogP contribution in [0.5, 0.6) is 5.75 Å². The van der Waals surface area contributed by atoms with Gasteiger partial charge in [0.2, 0.25) is 0 Å². The highest BCUT2D eigenvalue weighted by atomic mass is 35.5. The van der Waals surface area contributed by atoms with E-state index in [9.17, 15) is 5.11 Å². The number of fused-ring (bicyclic) bond motifs is 10. The van der Waals surface area contributed by atoms with Crippen molar-refractivity contribution in [2.45, 2.75) is 59.3 Å². The van der Waals surface area contributed by atoms with Crippen LogP contribution in [0.1, 0.15) is 58.2 Å². The van der Waals surface area contributed by atoms with E-state index in [-0.39, 0.29) is 16.6 Å². The van der Waals surface area contributed by atoms with Crippen LogP contribution in [-0.2, 0) is 10.8 Å². The summed E-state index contributed by atoms with van der Waals surface area (Å²) in [6, 6.07) is 42.4. The molecule has 0 saturated carbocycles. The lowest BCUT2D eigenvalue weighted by atomic mass is 9.86. The van der Waals surface area contributed by atoms with E-state index in [1.165, 1.54) is 73.6 Å². The van der Waals surface area contributed by atoms with Gasteiger partial charge in [-0.1, -0.05) is 113 Å². The molecule has 0 spiro atoms. The van der Waals surface area contributed by atoms with Crippen molar-refractivity contribution < 1.29 is 5.11 Å². The Morgan fingerprint density at radius 2 is 0.946 bits per heavy atom. The van der Waals surface area contributed by atoms with Crippen LogP contribution in [0.15, 0.2) is 121 Å². The Bertz CT molecular complexity index is 2910. The maximum Gasteiger partial charge on any atom is 0.119 e. The van der Waals surface area contributed by atoms with Crippen molar-refractivity contribution in [3.63, 3.8) is 0 Å². The van der Waals surface area contributed by atoms with Gasteiger partial charge in [-0.25, -0.2) is 0 Å². The number of hydrogen-bond acceptors (Lipinski definition) is 3. The molecule has 0 bridgehead atoms. The molecule has 1 N–H and O–H groups in total. The van der Waals surface area contributed by atoms with Crippen LogP contribution in [0.2, 0.25) is 10.0 Å². The number of phenols is 1. The summed E-state index contributed by atoms with van der Waals surface area (Å²) in [4.78, 5) is 2.45. The molecule has 0 aliphatic carbocycles. The third-order valence-electron chi connectivity index (χ3n) is 10.7. The lowest BCUT2D eigenvalue weighted by molar-refractivity contribution is 0.475. The first kappa shape index (κ1) is 36.8. The summed E-state index contributed by atoms with van der Waals surface area (Å²) < 4.78 is 7.17. The topological polar surface area (TPSA) is 30.1 Å². The summed E-state index contributed by atoms with van der Waals surface area (Å²) >= 11 is 16.3. The second-order valence-electron chi connectivity index (χ2n) is 16.8. The summed E-state index contributed by atoms with van der Waals surface area (Å²) in [5, 5.41) is 19.2. The first-order valence-electron chi connectivity index (χ1n) is 18.9. The molecular formula is C49H42Cl2N2OS2. The van der Waals surface area contributed by atoms with Crippen molar-refractivity contribution in [2.75, 3.05) is 0 Å². The van der Waals surface area contributed by atoms with E-state index in [1.807, 2.05) is 23.5 Å². The molecule has 56 heavy (non-hydrogen) atoms. The van der Waals surface area contributed by atoms with Crippen molar-refractivity contribution in [1.82, 2.24) is 9.13 Å². The average molecular weight is 810 g/mol. The van der Waals surface area contributed by atoms with Gasteiger partial charge in [0.25, 0.3) is 0 Å². The highest BCUT2D eigenvalue weighted by Crippen LogP contribution is 2.45. The largest absolute Gasteiger partial charge is 0.508 e. The minimum absolute atomic E-state index is 0.0722. The van der Waals surface area contributed by atoms with Gasteiger partial charge < -0.3 is 14.2 Å². The number of aromatic hydroxyl groups is 1. The predicted molar refractivity (Wildman–Crippen MR) is 246 cm³/mol. The molecule has 7 heteroatoms. The van der Waals surface area contributed by atoms with Crippen molar-refractivity contribution in [3.05, 3.63) is 148 Å². The number of thiophene rings is 2. The van der Waals surface area contributed by atoms with Crippen LogP contribution in [0.25, 0.3) is 73.8 Å². The molecule has 0 atom stereocenters. The third-order valence-corrected chi connectivity index (χ3v) is 13.5. The number of benzene rings is 6. The Kier molecular flexibility index (Phi) is 8.83. The number of nitrogens with zero attached hydrogens (tertiary/aromatic N) is 2. The minimum atomic E-state index is 0.0722. The normalized spacial score (nSPS) is 12.4. The average Bonchev–Trinajstić information content (AvgIpc) is 3.86. The van der Waals surface area contributed by atoms with Crippen molar-refractivity contribution in [2.24, 2.45) is 0 Å². The molecule has 0 radical (unpaired) electrons. The molecule has 10 rings (SSSR count). The van der Waals surface area contributed by atoms with Gasteiger partial charge in [0.1, 0.15) is 15.4 Å². The van der Waals surface area contributed by atoms with E-state index in [0.29, 0.717) is 5.02 Å². The quantitative estimate of drug-likeness (QED) is 0.185. The number of rotatable bonds is 2. The van der Waals surface area contributed by atoms with Gasteiger partial charge in [0.15, 0.2) is 0 Å². The lowest BCUT2D eigenvalue weighted by Crippen LogP contribution is -2.10. The van der Waals surface area contributed by atoms with E-state index < -0.39 is 0 Å². The van der Waals surface area contributed by atoms with Crippen LogP contribution >= 0.6 is 45.9 Å². The van der Waals surface area contributed by atoms with Gasteiger partial charge in [0, 0.05) is 63.5 Å². The maximum absolute atomic E-state index is 10.1. The molecule has 4 aromatic heterocycles. The SMILES string of the molecule is CC(C)(C)c1ccc2c(c1)c1c3ccccc3sc1n2-c1cc(O)cc(Cl)c1.Cc1cc(Cl)cc(-n2c3ccc(C(C)(C)C)cc3c3c4ccccc4sc32)c1. The Morgan fingerprint density at radius 3 is 1.39 bits per heavy atom. The fourth-order valence-electron chi connectivity index (χ4n) is 7.96. The van der Waals surface area contributed by atoms with Gasteiger partial charge in [-0.15, -0.1) is 22.7 Å². The van der Waals surface area contributed by atoms with Crippen LogP contribution in [-0.4, -0.2) is 14.2 Å². The highest BCUT2D eigenvalue weighted by molar-refractivity contribution is 7.26. The molecule has 6 aromatic carbocycles. The van der Waals surface area contributed by atoms with Gasteiger partial charge in [0.05, 0.1) is 16.7 Å². The summed E-state index contributed by atoms with van der Waals surface area (Å²) in [6.07, 6.45) is 0. The van der Waals surface area contributed by atoms with E-state index in [1.54, 1.807) is 23.5 Å². The Labute approximate surface area is 345 Å². The molecule has 0 fully saturated rings. The summed E-state index contributed by atoms with van der Waals surface area (Å²) in [7, 11) is 0. The molecule has 0 unspecified atom stereocenters. The second kappa shape index (κ2) is 13.4. The minimum Gasteiger partial charge on any atom is -0.508 e. The lowest BCUT2D eigenvalue weighted by Gasteiger charge is -2.19. The molecule has 0 saturated heterocycles. The van der Waals surface area contributed by atoms with Crippen molar-refractivity contribution in [3.8, 4) is 17.1 Å². The number of halogens is 2. The fourth-order valence-corrected chi connectivity index (χ4v) is 11.0. The molecule has 280 valence electrons. The predicted octanol–water partition coefficient (Wildman–Crippen LogP) is 15.9. The summed E-state index contributed by atoms with van der Waals surface area (Å²) in [5.74, 6) is 0.171. The summed E-state index contributed by atoms with van der Waals surface area (Å²) in [6.45, 7) is 15.6. The number of aryl methyl sites for hydroxylation is 1. The molecule has 0 aliphatic heterocycles.